The molecule has 0 saturated heterocycles. The number of fused-ring (bicyclic) bond motifs is 2. The summed E-state index contributed by atoms with van der Waals surface area (Å²) < 4.78 is 34.7. The molecule has 0 aromatic heterocycles. The summed E-state index contributed by atoms with van der Waals surface area (Å²) >= 11 is 0. The van der Waals surface area contributed by atoms with Crippen molar-refractivity contribution >= 4 is 43.0 Å². The number of phenolic OH excluding ortho intramolecular Hbond substituents is 1. The number of hydrogen-bond donors (Lipinski definition) is 3. The van der Waals surface area contributed by atoms with E-state index in [1.807, 2.05) is 37.3 Å². The van der Waals surface area contributed by atoms with Crippen LogP contribution in [0.2, 0.25) is 0 Å². The Bertz CT molecular complexity index is 1490. The zero-order chi connectivity index (χ0) is 23.0. The third-order valence-electron chi connectivity index (χ3n) is 5.36. The van der Waals surface area contributed by atoms with E-state index in [1.54, 1.807) is 32.2 Å². The average molecular weight is 450 g/mol. The van der Waals surface area contributed by atoms with Crippen LogP contribution in [0.4, 0.5) is 11.4 Å². The lowest BCUT2D eigenvalue weighted by atomic mass is 10.0. The highest BCUT2D eigenvalue weighted by atomic mass is 32.2. The Hall–Kier alpha value is -3.33. The lowest BCUT2D eigenvalue weighted by Gasteiger charge is -2.12. The van der Waals surface area contributed by atoms with Crippen LogP contribution in [0.3, 0.4) is 0 Å². The van der Waals surface area contributed by atoms with Crippen LogP contribution < -0.4 is 5.32 Å². The minimum absolute atomic E-state index is 0.00651. The number of azo groups is 1. The number of aryl methyl sites for hydroxylation is 2. The van der Waals surface area contributed by atoms with Crippen molar-refractivity contribution in [2.45, 2.75) is 25.3 Å². The maximum absolute atomic E-state index is 12.4. The molecule has 3 N–H and O–H groups in total. The maximum Gasteiger partial charge on any atom is 0.297 e. The van der Waals surface area contributed by atoms with Crippen LogP contribution in [0.5, 0.6) is 5.75 Å². The number of nitrogens with zero attached hydrogens (tertiary/aromatic N) is 2. The Balaban J connectivity index is 1.94. The first-order valence-electron chi connectivity index (χ1n) is 10.0. The molecule has 0 amide bonds. The van der Waals surface area contributed by atoms with Gasteiger partial charge in [0.15, 0.2) is 5.75 Å². The predicted octanol–water partition coefficient (Wildman–Crippen LogP) is 5.70. The van der Waals surface area contributed by atoms with E-state index in [0.29, 0.717) is 28.3 Å². The molecular formula is C24H23N3O4S. The van der Waals surface area contributed by atoms with Crippen molar-refractivity contribution in [3.8, 4) is 5.75 Å². The Morgan fingerprint density at radius 3 is 2.41 bits per heavy atom. The number of nitrogens with one attached hydrogen (secondary N) is 1. The van der Waals surface area contributed by atoms with E-state index in [-0.39, 0.29) is 22.0 Å². The molecule has 4 aromatic rings. The van der Waals surface area contributed by atoms with E-state index in [9.17, 15) is 18.1 Å². The Morgan fingerprint density at radius 1 is 0.938 bits per heavy atom. The van der Waals surface area contributed by atoms with Crippen molar-refractivity contribution < 1.29 is 18.1 Å². The second-order valence-electron chi connectivity index (χ2n) is 7.75. The zero-order valence-electron chi connectivity index (χ0n) is 17.9. The predicted molar refractivity (Wildman–Crippen MR) is 126 cm³/mol. The highest BCUT2D eigenvalue weighted by Crippen LogP contribution is 2.40. The van der Waals surface area contributed by atoms with Crippen LogP contribution >= 0.6 is 0 Å². The summed E-state index contributed by atoms with van der Waals surface area (Å²) in [6.07, 6.45) is 0. The lowest BCUT2D eigenvalue weighted by molar-refractivity contribution is 0.482. The molecule has 32 heavy (non-hydrogen) atoms. The number of rotatable bonds is 5. The Kier molecular flexibility index (Phi) is 5.68. The molecule has 0 aliphatic heterocycles. The van der Waals surface area contributed by atoms with Crippen molar-refractivity contribution in [2.24, 2.45) is 10.2 Å². The van der Waals surface area contributed by atoms with Gasteiger partial charge in [0.1, 0.15) is 16.3 Å². The molecule has 164 valence electrons. The van der Waals surface area contributed by atoms with Crippen molar-refractivity contribution in [1.29, 1.82) is 0 Å². The van der Waals surface area contributed by atoms with E-state index in [0.717, 1.165) is 16.5 Å². The van der Waals surface area contributed by atoms with Gasteiger partial charge in [0.25, 0.3) is 10.1 Å². The number of aromatic hydroxyl groups is 1. The van der Waals surface area contributed by atoms with Crippen LogP contribution in [0.15, 0.2) is 69.7 Å². The molecule has 0 fully saturated rings. The normalized spacial score (nSPS) is 12.2. The maximum atomic E-state index is 12.4. The van der Waals surface area contributed by atoms with Crippen LogP contribution in [0, 0.1) is 13.8 Å². The minimum Gasteiger partial charge on any atom is -0.505 e. The van der Waals surface area contributed by atoms with Gasteiger partial charge in [-0.3, -0.25) is 4.55 Å². The Labute approximate surface area is 186 Å². The molecule has 0 atom stereocenters. The monoisotopic (exact) mass is 449 g/mol. The fourth-order valence-electron chi connectivity index (χ4n) is 4.00. The molecule has 0 saturated carbocycles. The summed E-state index contributed by atoms with van der Waals surface area (Å²) in [5.74, 6) is -0.0364. The molecule has 0 radical (unpaired) electrons. The number of benzene rings is 4. The largest absolute Gasteiger partial charge is 0.505 e. The molecule has 0 aliphatic carbocycles. The van der Waals surface area contributed by atoms with Gasteiger partial charge >= 0.3 is 0 Å². The van der Waals surface area contributed by atoms with E-state index in [2.05, 4.69) is 15.5 Å². The second kappa shape index (κ2) is 8.31. The zero-order valence-corrected chi connectivity index (χ0v) is 18.7. The summed E-state index contributed by atoms with van der Waals surface area (Å²) in [5.41, 5.74) is 2.67. The molecule has 0 aliphatic rings. The first-order valence-corrected chi connectivity index (χ1v) is 11.5. The van der Waals surface area contributed by atoms with Crippen LogP contribution in [0.1, 0.15) is 16.7 Å². The summed E-state index contributed by atoms with van der Waals surface area (Å²) in [6.45, 7) is 4.18. The van der Waals surface area contributed by atoms with E-state index < -0.39 is 10.1 Å². The summed E-state index contributed by atoms with van der Waals surface area (Å²) in [6, 6.07) is 16.2. The first-order chi connectivity index (χ1) is 15.2. The van der Waals surface area contributed by atoms with Gasteiger partial charge in [-0.25, -0.2) is 0 Å². The van der Waals surface area contributed by atoms with Crippen LogP contribution in [-0.4, -0.2) is 25.1 Å². The molecule has 7 nitrogen and oxygen atoms in total. The fraction of sp³-hybridized carbons (Fsp3) is 0.167. The van der Waals surface area contributed by atoms with Crippen molar-refractivity contribution in [1.82, 2.24) is 5.32 Å². The smallest absolute Gasteiger partial charge is 0.297 e. The lowest BCUT2D eigenvalue weighted by Crippen LogP contribution is -2.07. The third-order valence-corrected chi connectivity index (χ3v) is 6.31. The molecule has 0 heterocycles. The highest BCUT2D eigenvalue weighted by Gasteiger charge is 2.21. The van der Waals surface area contributed by atoms with Gasteiger partial charge in [-0.1, -0.05) is 42.0 Å². The topological polar surface area (TPSA) is 111 Å². The van der Waals surface area contributed by atoms with Crippen molar-refractivity contribution in [3.63, 3.8) is 0 Å². The van der Waals surface area contributed by atoms with Gasteiger partial charge in [0.2, 0.25) is 0 Å². The highest BCUT2D eigenvalue weighted by molar-refractivity contribution is 7.86. The van der Waals surface area contributed by atoms with Crippen LogP contribution in [-0.2, 0) is 16.7 Å². The van der Waals surface area contributed by atoms with E-state index >= 15 is 0 Å². The van der Waals surface area contributed by atoms with Gasteiger partial charge in [0, 0.05) is 17.3 Å². The molecule has 8 heteroatoms. The average Bonchev–Trinajstić information content (AvgIpc) is 2.72. The van der Waals surface area contributed by atoms with Crippen LogP contribution in [0.25, 0.3) is 21.5 Å². The SMILES string of the molecule is CNCc1cc(C)cc2c(S(=O)(=O)O)c(N=Nc3c(C)cc4ccccc4c3O)ccc12. The van der Waals surface area contributed by atoms with Gasteiger partial charge in [-0.2, -0.15) is 8.42 Å². The Morgan fingerprint density at radius 2 is 1.69 bits per heavy atom. The van der Waals surface area contributed by atoms with Gasteiger partial charge in [-0.15, -0.1) is 10.2 Å². The molecule has 0 unspecified atom stereocenters. The third kappa shape index (κ3) is 3.95. The standard InChI is InChI=1S/C24H23N3O4S/c1-14-10-17(13-25-3)18-8-9-21(24(20(18)11-14)32(29,30)31)26-27-22-15(2)12-16-6-4-5-7-19(16)23(22)28/h4-12,25,28H,13H2,1-3H3,(H,29,30,31). The van der Waals surface area contributed by atoms with Gasteiger partial charge < -0.3 is 10.4 Å². The first kappa shape index (κ1) is 21.9. The molecular weight excluding hydrogens is 426 g/mol. The van der Waals surface area contributed by atoms with E-state index in [4.69, 9.17) is 0 Å². The summed E-state index contributed by atoms with van der Waals surface area (Å²) in [4.78, 5) is -0.308. The fourth-order valence-corrected chi connectivity index (χ4v) is 4.82. The molecule has 4 rings (SSSR count). The molecule has 4 aromatic carbocycles. The van der Waals surface area contributed by atoms with Crippen molar-refractivity contribution in [3.05, 3.63) is 71.3 Å². The number of hydrogen-bond acceptors (Lipinski definition) is 6. The van der Waals surface area contributed by atoms with Gasteiger partial charge in [-0.05, 0) is 61.0 Å². The minimum atomic E-state index is -4.60. The molecule has 0 spiro atoms. The number of phenols is 1. The molecule has 0 bridgehead atoms. The van der Waals surface area contributed by atoms with Crippen molar-refractivity contribution in [2.75, 3.05) is 7.05 Å². The summed E-state index contributed by atoms with van der Waals surface area (Å²) in [5, 5.41) is 24.6. The quantitative estimate of drug-likeness (QED) is 0.267. The van der Waals surface area contributed by atoms with Gasteiger partial charge in [0.05, 0.1) is 0 Å². The summed E-state index contributed by atoms with van der Waals surface area (Å²) in [7, 11) is -2.80. The van der Waals surface area contributed by atoms with E-state index in [1.165, 1.54) is 6.07 Å². The second-order valence-corrected chi connectivity index (χ2v) is 9.11.